The number of aryl methyl sites for hydroxylation is 2. The van der Waals surface area contributed by atoms with E-state index in [9.17, 15) is 18.0 Å². The second-order valence-corrected chi connectivity index (χ2v) is 10.1. The molecule has 0 aliphatic carbocycles. The minimum absolute atomic E-state index is 0.0884. The summed E-state index contributed by atoms with van der Waals surface area (Å²) in [6, 6.07) is 16.2. The summed E-state index contributed by atoms with van der Waals surface area (Å²) in [5.74, 6) is -1.07. The van der Waals surface area contributed by atoms with Crippen molar-refractivity contribution >= 4 is 38.5 Å². The number of hydrogen-bond acceptors (Lipinski definition) is 7. The predicted octanol–water partition coefficient (Wildman–Crippen LogP) is 2.68. The molecule has 1 N–H and O–H groups in total. The lowest BCUT2D eigenvalue weighted by atomic mass is 10.1. The van der Waals surface area contributed by atoms with Crippen LogP contribution in [0, 0.1) is 6.92 Å². The van der Waals surface area contributed by atoms with Gasteiger partial charge in [0.1, 0.15) is 0 Å². The molecular formula is C25H27N3O6S. The lowest BCUT2D eigenvalue weighted by Crippen LogP contribution is -2.40. The highest BCUT2D eigenvalue weighted by molar-refractivity contribution is 7.89. The number of fused-ring (bicyclic) bond motifs is 1. The van der Waals surface area contributed by atoms with Gasteiger partial charge in [-0.2, -0.15) is 4.31 Å². The van der Waals surface area contributed by atoms with Crippen molar-refractivity contribution in [2.75, 3.05) is 38.2 Å². The number of nitrogens with zero attached hydrogens (tertiary/aromatic N) is 2. The van der Waals surface area contributed by atoms with Crippen molar-refractivity contribution < 1.29 is 27.5 Å². The second kappa shape index (κ2) is 10.9. The summed E-state index contributed by atoms with van der Waals surface area (Å²) < 4.78 is 37.7. The number of esters is 1. The number of morpholine rings is 1. The van der Waals surface area contributed by atoms with E-state index in [1.54, 1.807) is 19.1 Å². The standard InChI is InChI=1S/C25H27N3O6S/c1-18-6-8-21(16-23(18)35(31,32)28-12-14-33-15-13-28)27-24(29)17-34-25(30)11-10-20-9-7-19-4-2-3-5-22(19)26-20/h2-9,16H,10-15,17H2,1H3,(H,27,29). The molecule has 0 unspecified atom stereocenters. The molecule has 0 atom stereocenters. The van der Waals surface area contributed by atoms with E-state index in [4.69, 9.17) is 9.47 Å². The lowest BCUT2D eigenvalue weighted by Gasteiger charge is -2.26. The third-order valence-electron chi connectivity index (χ3n) is 5.67. The average molecular weight is 498 g/mol. The van der Waals surface area contributed by atoms with Crippen molar-refractivity contribution in [2.45, 2.75) is 24.7 Å². The first-order chi connectivity index (χ1) is 16.8. The quantitative estimate of drug-likeness (QED) is 0.476. The minimum atomic E-state index is -3.71. The van der Waals surface area contributed by atoms with Crippen LogP contribution >= 0.6 is 0 Å². The van der Waals surface area contributed by atoms with E-state index >= 15 is 0 Å². The van der Waals surface area contributed by atoms with Gasteiger partial charge >= 0.3 is 5.97 Å². The fraction of sp³-hybridized carbons (Fsp3) is 0.320. The van der Waals surface area contributed by atoms with Crippen LogP contribution in [0.5, 0.6) is 0 Å². The molecule has 4 rings (SSSR count). The molecule has 1 aromatic heterocycles. The van der Waals surface area contributed by atoms with Crippen molar-refractivity contribution in [3.8, 4) is 0 Å². The predicted molar refractivity (Wildman–Crippen MR) is 130 cm³/mol. The number of benzene rings is 2. The Morgan fingerprint density at radius 2 is 1.86 bits per heavy atom. The number of anilines is 1. The van der Waals surface area contributed by atoms with Gasteiger partial charge in [-0.05, 0) is 36.8 Å². The topological polar surface area (TPSA) is 115 Å². The second-order valence-electron chi connectivity index (χ2n) is 8.20. The number of hydrogen-bond donors (Lipinski definition) is 1. The Morgan fingerprint density at radius 1 is 1.09 bits per heavy atom. The highest BCUT2D eigenvalue weighted by Gasteiger charge is 2.28. The van der Waals surface area contributed by atoms with Crippen LogP contribution in [0.4, 0.5) is 5.69 Å². The SMILES string of the molecule is Cc1ccc(NC(=O)COC(=O)CCc2ccc3ccccc3n2)cc1S(=O)(=O)N1CCOCC1. The zero-order valence-corrected chi connectivity index (χ0v) is 20.2. The number of pyridine rings is 1. The Hall–Kier alpha value is -3.34. The van der Waals surface area contributed by atoms with Crippen LogP contribution < -0.4 is 5.32 Å². The molecule has 1 aliphatic rings. The molecule has 1 saturated heterocycles. The smallest absolute Gasteiger partial charge is 0.306 e. The number of carbonyl (C=O) groups excluding carboxylic acids is 2. The number of rotatable bonds is 8. The number of amides is 1. The average Bonchev–Trinajstić information content (AvgIpc) is 2.87. The molecule has 184 valence electrons. The first-order valence-electron chi connectivity index (χ1n) is 11.3. The van der Waals surface area contributed by atoms with Gasteiger partial charge in [0.25, 0.3) is 5.91 Å². The van der Waals surface area contributed by atoms with Crippen LogP contribution in [-0.4, -0.2) is 62.5 Å². The fourth-order valence-corrected chi connectivity index (χ4v) is 5.43. The number of aromatic nitrogens is 1. The normalized spacial score (nSPS) is 14.5. The van der Waals surface area contributed by atoms with Gasteiger partial charge in [0.15, 0.2) is 6.61 Å². The van der Waals surface area contributed by atoms with Gasteiger partial charge in [0, 0.05) is 36.3 Å². The maximum atomic E-state index is 13.0. The van der Waals surface area contributed by atoms with E-state index in [1.165, 1.54) is 10.4 Å². The lowest BCUT2D eigenvalue weighted by molar-refractivity contribution is -0.147. The van der Waals surface area contributed by atoms with Crippen molar-refractivity contribution in [2.24, 2.45) is 0 Å². The molecule has 2 aromatic carbocycles. The summed E-state index contributed by atoms with van der Waals surface area (Å²) in [5, 5.41) is 3.62. The Labute approximate surface area is 204 Å². The Balaban J connectivity index is 1.30. The molecule has 0 saturated carbocycles. The van der Waals surface area contributed by atoms with Gasteiger partial charge in [0.2, 0.25) is 10.0 Å². The molecule has 0 radical (unpaired) electrons. The van der Waals surface area contributed by atoms with Gasteiger partial charge in [0.05, 0.1) is 30.0 Å². The van der Waals surface area contributed by atoms with Crippen LogP contribution in [0.15, 0.2) is 59.5 Å². The van der Waals surface area contributed by atoms with Gasteiger partial charge in [-0.3, -0.25) is 14.6 Å². The highest BCUT2D eigenvalue weighted by Crippen LogP contribution is 2.24. The zero-order valence-electron chi connectivity index (χ0n) is 19.4. The number of nitrogens with one attached hydrogen (secondary N) is 1. The van der Waals surface area contributed by atoms with Crippen LogP contribution in [0.1, 0.15) is 17.7 Å². The first-order valence-corrected chi connectivity index (χ1v) is 12.8. The van der Waals surface area contributed by atoms with E-state index in [1.807, 2.05) is 36.4 Å². The number of sulfonamides is 1. The van der Waals surface area contributed by atoms with Crippen molar-refractivity contribution in [1.82, 2.24) is 9.29 Å². The molecule has 1 amide bonds. The van der Waals surface area contributed by atoms with Crippen molar-refractivity contribution in [3.63, 3.8) is 0 Å². The minimum Gasteiger partial charge on any atom is -0.456 e. The van der Waals surface area contributed by atoms with E-state index in [0.717, 1.165) is 16.6 Å². The van der Waals surface area contributed by atoms with Gasteiger partial charge < -0.3 is 14.8 Å². The van der Waals surface area contributed by atoms with Crippen LogP contribution in [0.3, 0.4) is 0 Å². The summed E-state index contributed by atoms with van der Waals surface area (Å²) in [7, 11) is -3.71. The Bertz CT molecular complexity index is 1340. The summed E-state index contributed by atoms with van der Waals surface area (Å²) in [5.41, 5.74) is 2.50. The van der Waals surface area contributed by atoms with Crippen molar-refractivity contribution in [3.05, 3.63) is 65.9 Å². The summed E-state index contributed by atoms with van der Waals surface area (Å²) in [4.78, 5) is 29.1. The summed E-state index contributed by atoms with van der Waals surface area (Å²) >= 11 is 0. The number of carbonyl (C=O) groups is 2. The maximum absolute atomic E-state index is 13.0. The van der Waals surface area contributed by atoms with Crippen molar-refractivity contribution in [1.29, 1.82) is 0 Å². The molecule has 2 heterocycles. The highest BCUT2D eigenvalue weighted by atomic mass is 32.2. The summed E-state index contributed by atoms with van der Waals surface area (Å²) in [6.07, 6.45) is 0.483. The third kappa shape index (κ3) is 6.21. The molecule has 35 heavy (non-hydrogen) atoms. The van der Waals surface area contributed by atoms with E-state index in [2.05, 4.69) is 10.3 Å². The van der Waals surface area contributed by atoms with Crippen LogP contribution in [-0.2, 0) is 35.5 Å². The molecule has 0 bridgehead atoms. The van der Waals surface area contributed by atoms with Crippen LogP contribution in [0.25, 0.3) is 10.9 Å². The molecule has 10 heteroatoms. The third-order valence-corrected chi connectivity index (χ3v) is 7.71. The molecule has 3 aromatic rings. The monoisotopic (exact) mass is 497 g/mol. The largest absolute Gasteiger partial charge is 0.456 e. The Kier molecular flexibility index (Phi) is 7.74. The number of para-hydroxylation sites is 1. The Morgan fingerprint density at radius 3 is 2.66 bits per heavy atom. The summed E-state index contributed by atoms with van der Waals surface area (Å²) in [6.45, 7) is 2.48. The molecular weight excluding hydrogens is 470 g/mol. The van der Waals surface area contributed by atoms with Gasteiger partial charge in [-0.1, -0.05) is 30.3 Å². The van der Waals surface area contributed by atoms with E-state index in [-0.39, 0.29) is 24.4 Å². The van der Waals surface area contributed by atoms with Gasteiger partial charge in [-0.15, -0.1) is 0 Å². The molecule has 0 spiro atoms. The van der Waals surface area contributed by atoms with Gasteiger partial charge in [-0.25, -0.2) is 8.42 Å². The fourth-order valence-electron chi connectivity index (χ4n) is 3.77. The van der Waals surface area contributed by atoms with Crippen LogP contribution in [0.2, 0.25) is 0 Å². The molecule has 1 fully saturated rings. The molecule has 1 aliphatic heterocycles. The number of ether oxygens (including phenoxy) is 2. The first kappa shape index (κ1) is 24.8. The van der Waals surface area contributed by atoms with E-state index < -0.39 is 28.5 Å². The van der Waals surface area contributed by atoms with E-state index in [0.29, 0.717) is 30.9 Å². The molecule has 9 nitrogen and oxygen atoms in total. The maximum Gasteiger partial charge on any atom is 0.306 e. The zero-order chi connectivity index (χ0) is 24.8.